The van der Waals surface area contributed by atoms with Crippen LogP contribution in [0.1, 0.15) is 183 Å². The zero-order chi connectivity index (χ0) is 31.6. The second-order valence-electron chi connectivity index (χ2n) is 16.9. The van der Waals surface area contributed by atoms with Crippen LogP contribution in [-0.4, -0.2) is 12.1 Å². The van der Waals surface area contributed by atoms with Crippen LogP contribution in [0.5, 0.6) is 0 Å². The van der Waals surface area contributed by atoms with Gasteiger partial charge in [-0.05, 0) is 123 Å². The molecule has 8 atom stereocenters. The van der Waals surface area contributed by atoms with E-state index >= 15 is 0 Å². The summed E-state index contributed by atoms with van der Waals surface area (Å²) >= 11 is 0. The number of rotatable bonds is 18. The Kier molecular flexibility index (Phi) is 14.0. The molecule has 4 aliphatic carbocycles. The molecule has 0 aromatic carbocycles. The third kappa shape index (κ3) is 9.06. The molecule has 0 N–H and O–H groups in total. The molecule has 0 spiro atoms. The van der Waals surface area contributed by atoms with Crippen LogP contribution in [0.15, 0.2) is 23.8 Å². The monoisotopic (exact) mass is 609 g/mol. The summed E-state index contributed by atoms with van der Waals surface area (Å²) in [6.45, 7) is 14.9. The van der Waals surface area contributed by atoms with Crippen molar-refractivity contribution in [3.05, 3.63) is 23.8 Å². The predicted molar refractivity (Wildman–Crippen MR) is 189 cm³/mol. The fourth-order valence-electron chi connectivity index (χ4n) is 10.8. The van der Waals surface area contributed by atoms with E-state index < -0.39 is 0 Å². The van der Waals surface area contributed by atoms with E-state index in [0.29, 0.717) is 17.3 Å². The van der Waals surface area contributed by atoms with Gasteiger partial charge in [-0.15, -0.1) is 0 Å². The molecule has 44 heavy (non-hydrogen) atoms. The molecule has 0 bridgehead atoms. The lowest BCUT2D eigenvalue weighted by molar-refractivity contribution is -0.151. The Morgan fingerprint density at radius 1 is 0.864 bits per heavy atom. The number of carbonyl (C=O) groups excluding carboxylic acids is 1. The molecule has 4 rings (SSSR count). The van der Waals surface area contributed by atoms with Crippen LogP contribution in [0.2, 0.25) is 0 Å². The van der Waals surface area contributed by atoms with Gasteiger partial charge in [0.05, 0.1) is 0 Å². The van der Waals surface area contributed by atoms with Crippen molar-refractivity contribution < 1.29 is 9.53 Å². The summed E-state index contributed by atoms with van der Waals surface area (Å²) in [5, 5.41) is 0. The zero-order valence-electron chi connectivity index (χ0n) is 30.1. The number of carbonyl (C=O) groups is 1. The Morgan fingerprint density at radius 3 is 2.34 bits per heavy atom. The Hall–Kier alpha value is -1.05. The second kappa shape index (κ2) is 17.2. The number of hydrogen-bond donors (Lipinski definition) is 0. The van der Waals surface area contributed by atoms with Gasteiger partial charge in [-0.3, -0.25) is 4.79 Å². The van der Waals surface area contributed by atoms with Crippen molar-refractivity contribution in [3.8, 4) is 0 Å². The average Bonchev–Trinajstić information content (AvgIpc) is 3.35. The van der Waals surface area contributed by atoms with Crippen molar-refractivity contribution in [2.45, 2.75) is 189 Å². The number of fused-ring (bicyclic) bond motifs is 5. The average molecular weight is 609 g/mol. The van der Waals surface area contributed by atoms with E-state index in [1.807, 2.05) is 0 Å². The van der Waals surface area contributed by atoms with Crippen LogP contribution in [0, 0.1) is 46.3 Å². The molecule has 252 valence electrons. The summed E-state index contributed by atoms with van der Waals surface area (Å²) in [5.74, 6) is 5.32. The minimum atomic E-state index is 0.0517. The molecule has 0 aromatic heterocycles. The first-order chi connectivity index (χ1) is 21.2. The lowest BCUT2D eigenvalue weighted by atomic mass is 9.47. The van der Waals surface area contributed by atoms with Crippen molar-refractivity contribution in [1.29, 1.82) is 0 Å². The van der Waals surface area contributed by atoms with Gasteiger partial charge in [0.1, 0.15) is 6.10 Å². The number of unbranched alkanes of at least 4 members (excludes halogenated alkanes) is 8. The van der Waals surface area contributed by atoms with Gasteiger partial charge in [-0.25, -0.2) is 0 Å². The summed E-state index contributed by atoms with van der Waals surface area (Å²) in [6.07, 6.45) is 35.1. The van der Waals surface area contributed by atoms with Crippen LogP contribution in [0.25, 0.3) is 0 Å². The maximum Gasteiger partial charge on any atom is 0.306 e. The summed E-state index contributed by atoms with van der Waals surface area (Å²) in [5.41, 5.74) is 2.53. The van der Waals surface area contributed by atoms with E-state index in [4.69, 9.17) is 4.74 Å². The molecule has 0 aromatic rings. The molecule has 0 heterocycles. The third-order valence-electron chi connectivity index (χ3n) is 13.5. The van der Waals surface area contributed by atoms with Crippen LogP contribution >= 0.6 is 0 Å². The predicted octanol–water partition coefficient (Wildman–Crippen LogP) is 12.8. The standard InChI is InChI=1S/C42H72O2/c1-7-8-9-10-11-12-13-14-15-16-17-18-22-40(43)44-35-27-29-41(5)34(31-35)23-24-36-38-26-25-37(33(4)21-19-20-32(2)3)42(38,6)30-28-39(36)41/h11-12,23,32-33,35-39H,7-10,13-22,24-31H2,1-6H3/b12-11+/t33-,35+,36+,37?,38+,39+,41+,42-/m1/s1. The molecule has 1 unspecified atom stereocenters. The Balaban J connectivity index is 1.18. The van der Waals surface area contributed by atoms with Crippen LogP contribution < -0.4 is 0 Å². The van der Waals surface area contributed by atoms with Crippen molar-refractivity contribution >= 4 is 5.97 Å². The van der Waals surface area contributed by atoms with E-state index in [1.54, 1.807) is 5.57 Å². The fourth-order valence-corrected chi connectivity index (χ4v) is 10.8. The minimum Gasteiger partial charge on any atom is -0.462 e. The quantitative estimate of drug-likeness (QED) is 0.0879. The highest BCUT2D eigenvalue weighted by molar-refractivity contribution is 5.69. The van der Waals surface area contributed by atoms with Gasteiger partial charge in [0.25, 0.3) is 0 Å². The summed E-state index contributed by atoms with van der Waals surface area (Å²) < 4.78 is 6.11. The Morgan fingerprint density at radius 2 is 1.59 bits per heavy atom. The highest BCUT2D eigenvalue weighted by atomic mass is 16.5. The first-order valence-electron chi connectivity index (χ1n) is 19.7. The van der Waals surface area contributed by atoms with Gasteiger partial charge in [0, 0.05) is 12.8 Å². The van der Waals surface area contributed by atoms with E-state index in [9.17, 15) is 4.79 Å². The lowest BCUT2D eigenvalue weighted by Crippen LogP contribution is -2.51. The van der Waals surface area contributed by atoms with Crippen LogP contribution in [-0.2, 0) is 9.53 Å². The SMILES string of the molecule is CCCCC/C=C/CCCCCCCC(=O)O[C@H]1CC[C@@]2(C)C(=CC[C@@H]3[C@@H]2CC[C@]2(C)C([C@H](C)CCCC(C)C)CC[C@@H]32)C1. The Bertz CT molecular complexity index is 930. The number of allylic oxidation sites excluding steroid dienone is 3. The molecule has 3 saturated carbocycles. The summed E-state index contributed by atoms with van der Waals surface area (Å²) in [4.78, 5) is 12.8. The van der Waals surface area contributed by atoms with Gasteiger partial charge in [-0.1, -0.05) is 117 Å². The van der Waals surface area contributed by atoms with Gasteiger partial charge in [0.2, 0.25) is 0 Å². The molecule has 0 aliphatic heterocycles. The Labute approximate surface area is 274 Å². The van der Waals surface area contributed by atoms with Gasteiger partial charge in [0.15, 0.2) is 0 Å². The van der Waals surface area contributed by atoms with Crippen molar-refractivity contribution in [2.75, 3.05) is 0 Å². The molecule has 2 nitrogen and oxygen atoms in total. The summed E-state index contributed by atoms with van der Waals surface area (Å²) in [7, 11) is 0. The van der Waals surface area contributed by atoms with E-state index in [-0.39, 0.29) is 12.1 Å². The first kappa shape index (κ1) is 35.8. The molecular formula is C42H72O2. The normalized spacial score (nSPS) is 34.0. The molecule has 0 radical (unpaired) electrons. The largest absolute Gasteiger partial charge is 0.462 e. The van der Waals surface area contributed by atoms with E-state index in [0.717, 1.165) is 61.2 Å². The van der Waals surface area contributed by atoms with E-state index in [1.165, 1.54) is 109 Å². The van der Waals surface area contributed by atoms with E-state index in [2.05, 4.69) is 59.8 Å². The number of esters is 1. The first-order valence-corrected chi connectivity index (χ1v) is 19.7. The summed E-state index contributed by atoms with van der Waals surface area (Å²) in [6, 6.07) is 0. The molecule has 3 fully saturated rings. The maximum atomic E-state index is 12.8. The van der Waals surface area contributed by atoms with Crippen LogP contribution in [0.3, 0.4) is 0 Å². The maximum absolute atomic E-state index is 12.8. The minimum absolute atomic E-state index is 0.0517. The van der Waals surface area contributed by atoms with Gasteiger partial charge < -0.3 is 4.74 Å². The lowest BCUT2D eigenvalue weighted by Gasteiger charge is -2.58. The highest BCUT2D eigenvalue weighted by Crippen LogP contribution is 2.67. The zero-order valence-corrected chi connectivity index (χ0v) is 30.1. The van der Waals surface area contributed by atoms with Gasteiger partial charge in [-0.2, -0.15) is 0 Å². The third-order valence-corrected chi connectivity index (χ3v) is 13.5. The van der Waals surface area contributed by atoms with Crippen LogP contribution in [0.4, 0.5) is 0 Å². The smallest absolute Gasteiger partial charge is 0.306 e. The topological polar surface area (TPSA) is 26.3 Å². The molecule has 2 heteroatoms. The molecule has 0 amide bonds. The number of ether oxygens (including phenoxy) is 1. The molecule has 0 saturated heterocycles. The highest BCUT2D eigenvalue weighted by Gasteiger charge is 2.59. The second-order valence-corrected chi connectivity index (χ2v) is 16.9. The van der Waals surface area contributed by atoms with Crippen molar-refractivity contribution in [1.82, 2.24) is 0 Å². The van der Waals surface area contributed by atoms with Gasteiger partial charge >= 0.3 is 5.97 Å². The molecular weight excluding hydrogens is 536 g/mol. The number of hydrogen-bond acceptors (Lipinski definition) is 2. The fraction of sp³-hybridized carbons (Fsp3) is 0.881. The molecule has 4 aliphatic rings. The van der Waals surface area contributed by atoms with Crippen molar-refractivity contribution in [3.63, 3.8) is 0 Å². The van der Waals surface area contributed by atoms with Crippen molar-refractivity contribution in [2.24, 2.45) is 46.3 Å².